The van der Waals surface area contributed by atoms with Crippen molar-refractivity contribution in [1.82, 2.24) is 4.90 Å². The third-order valence-electron chi connectivity index (χ3n) is 2.82. The Bertz CT molecular complexity index is 138. The Kier molecular flexibility index (Phi) is 6.06. The number of allylic oxidation sites excluding steroid dienone is 1. The van der Waals surface area contributed by atoms with Gasteiger partial charge in [-0.3, -0.25) is 0 Å². The zero-order valence-electron chi connectivity index (χ0n) is 9.88. The minimum Gasteiger partial charge on any atom is -0.304 e. The largest absolute Gasteiger partial charge is 0.304 e. The van der Waals surface area contributed by atoms with Gasteiger partial charge in [-0.2, -0.15) is 0 Å². The van der Waals surface area contributed by atoms with E-state index in [1.807, 2.05) is 6.08 Å². The van der Waals surface area contributed by atoms with E-state index >= 15 is 0 Å². The molecule has 0 rings (SSSR count). The van der Waals surface area contributed by atoms with Crippen LogP contribution in [0.4, 0.5) is 0 Å². The number of nitrogens with zero attached hydrogens (tertiary/aromatic N) is 1. The standard InChI is InChI=1S/C12H25N/c1-7-8-12(10(2)3)9-13(6)11(4)5/h7,10-12H,1,8-9H2,2-6H3. The fraction of sp³-hybridized carbons (Fsp3) is 0.833. The molecule has 1 nitrogen and oxygen atoms in total. The van der Waals surface area contributed by atoms with Gasteiger partial charge in [-0.25, -0.2) is 0 Å². The molecule has 0 aliphatic carbocycles. The molecule has 0 radical (unpaired) electrons. The van der Waals surface area contributed by atoms with Crippen LogP contribution in [-0.4, -0.2) is 24.5 Å². The predicted octanol–water partition coefficient (Wildman–Crippen LogP) is 3.17. The summed E-state index contributed by atoms with van der Waals surface area (Å²) in [4.78, 5) is 2.41. The van der Waals surface area contributed by atoms with Gasteiger partial charge < -0.3 is 4.90 Å². The summed E-state index contributed by atoms with van der Waals surface area (Å²) in [5, 5.41) is 0. The molecular formula is C12H25N. The lowest BCUT2D eigenvalue weighted by Gasteiger charge is -2.28. The monoisotopic (exact) mass is 183 g/mol. The van der Waals surface area contributed by atoms with Crippen molar-refractivity contribution in [2.24, 2.45) is 11.8 Å². The Labute approximate surface area is 83.8 Å². The van der Waals surface area contributed by atoms with E-state index in [0.717, 1.165) is 18.3 Å². The Morgan fingerprint density at radius 3 is 2.08 bits per heavy atom. The van der Waals surface area contributed by atoms with E-state index in [0.29, 0.717) is 6.04 Å². The Balaban J connectivity index is 4.01. The second kappa shape index (κ2) is 6.20. The van der Waals surface area contributed by atoms with Gasteiger partial charge in [-0.1, -0.05) is 19.9 Å². The minimum atomic E-state index is 0.645. The van der Waals surface area contributed by atoms with E-state index in [1.54, 1.807) is 0 Å². The lowest BCUT2D eigenvalue weighted by molar-refractivity contribution is 0.201. The molecule has 0 aromatic rings. The minimum absolute atomic E-state index is 0.645. The molecule has 1 heteroatoms. The average Bonchev–Trinajstić information content (AvgIpc) is 2.03. The molecule has 0 heterocycles. The van der Waals surface area contributed by atoms with Crippen LogP contribution in [-0.2, 0) is 0 Å². The molecular weight excluding hydrogens is 158 g/mol. The summed E-state index contributed by atoms with van der Waals surface area (Å²) in [6.07, 6.45) is 3.17. The first-order chi connectivity index (χ1) is 5.99. The van der Waals surface area contributed by atoms with Crippen LogP contribution in [0.5, 0.6) is 0 Å². The lowest BCUT2D eigenvalue weighted by atomic mass is 9.92. The van der Waals surface area contributed by atoms with Crippen molar-refractivity contribution >= 4 is 0 Å². The van der Waals surface area contributed by atoms with Crippen LogP contribution in [0.2, 0.25) is 0 Å². The SMILES string of the molecule is C=CCC(CN(C)C(C)C)C(C)C. The van der Waals surface area contributed by atoms with Gasteiger partial charge in [0, 0.05) is 12.6 Å². The van der Waals surface area contributed by atoms with Gasteiger partial charge >= 0.3 is 0 Å². The molecule has 0 amide bonds. The molecule has 0 bridgehead atoms. The maximum atomic E-state index is 3.82. The quantitative estimate of drug-likeness (QED) is 0.572. The van der Waals surface area contributed by atoms with Crippen molar-refractivity contribution in [1.29, 1.82) is 0 Å². The van der Waals surface area contributed by atoms with Gasteiger partial charge in [-0.15, -0.1) is 6.58 Å². The van der Waals surface area contributed by atoms with E-state index in [-0.39, 0.29) is 0 Å². The molecule has 0 spiro atoms. The molecule has 0 N–H and O–H groups in total. The van der Waals surface area contributed by atoms with Crippen LogP contribution in [0.1, 0.15) is 34.1 Å². The second-order valence-electron chi connectivity index (χ2n) is 4.56. The smallest absolute Gasteiger partial charge is 0.00356 e. The average molecular weight is 183 g/mol. The molecule has 0 fully saturated rings. The third-order valence-corrected chi connectivity index (χ3v) is 2.82. The fourth-order valence-electron chi connectivity index (χ4n) is 1.35. The number of hydrogen-bond donors (Lipinski definition) is 0. The summed E-state index contributed by atoms with van der Waals surface area (Å²) in [5.41, 5.74) is 0. The van der Waals surface area contributed by atoms with E-state index in [4.69, 9.17) is 0 Å². The van der Waals surface area contributed by atoms with E-state index in [1.165, 1.54) is 6.54 Å². The normalized spacial score (nSPS) is 14.2. The highest BCUT2D eigenvalue weighted by molar-refractivity contribution is 4.77. The molecule has 0 aromatic carbocycles. The highest BCUT2D eigenvalue weighted by Crippen LogP contribution is 2.17. The van der Waals surface area contributed by atoms with E-state index in [9.17, 15) is 0 Å². The Hall–Kier alpha value is -0.300. The highest BCUT2D eigenvalue weighted by atomic mass is 15.1. The van der Waals surface area contributed by atoms with Gasteiger partial charge in [0.2, 0.25) is 0 Å². The topological polar surface area (TPSA) is 3.24 Å². The summed E-state index contributed by atoms with van der Waals surface area (Å²) in [7, 11) is 2.20. The van der Waals surface area contributed by atoms with Crippen LogP contribution in [0.3, 0.4) is 0 Å². The van der Waals surface area contributed by atoms with Crippen molar-refractivity contribution < 1.29 is 0 Å². The second-order valence-corrected chi connectivity index (χ2v) is 4.56. The zero-order valence-corrected chi connectivity index (χ0v) is 9.88. The van der Waals surface area contributed by atoms with Crippen LogP contribution >= 0.6 is 0 Å². The maximum Gasteiger partial charge on any atom is 0.00356 e. The summed E-state index contributed by atoms with van der Waals surface area (Å²) in [5.74, 6) is 1.50. The third kappa shape index (κ3) is 5.09. The first-order valence-corrected chi connectivity index (χ1v) is 5.30. The first kappa shape index (κ1) is 12.7. The summed E-state index contributed by atoms with van der Waals surface area (Å²) >= 11 is 0. The molecule has 0 saturated carbocycles. The fourth-order valence-corrected chi connectivity index (χ4v) is 1.35. The van der Waals surface area contributed by atoms with Crippen LogP contribution in [0.25, 0.3) is 0 Å². The first-order valence-electron chi connectivity index (χ1n) is 5.30. The van der Waals surface area contributed by atoms with Crippen molar-refractivity contribution in [3.8, 4) is 0 Å². The van der Waals surface area contributed by atoms with Gasteiger partial charge in [-0.05, 0) is 39.2 Å². The molecule has 0 saturated heterocycles. The molecule has 0 aliphatic heterocycles. The van der Waals surface area contributed by atoms with E-state index in [2.05, 4.69) is 46.2 Å². The summed E-state index contributed by atoms with van der Waals surface area (Å²) in [6.45, 7) is 14.1. The number of rotatable bonds is 6. The van der Waals surface area contributed by atoms with Crippen molar-refractivity contribution in [2.75, 3.05) is 13.6 Å². The molecule has 1 atom stereocenters. The number of hydrogen-bond acceptors (Lipinski definition) is 1. The van der Waals surface area contributed by atoms with Crippen molar-refractivity contribution in [3.05, 3.63) is 12.7 Å². The Morgan fingerprint density at radius 1 is 1.23 bits per heavy atom. The highest BCUT2D eigenvalue weighted by Gasteiger charge is 2.15. The zero-order chi connectivity index (χ0) is 10.4. The summed E-state index contributed by atoms with van der Waals surface area (Å²) in [6, 6.07) is 0.645. The van der Waals surface area contributed by atoms with Crippen molar-refractivity contribution in [3.63, 3.8) is 0 Å². The van der Waals surface area contributed by atoms with Gasteiger partial charge in [0.05, 0.1) is 0 Å². The van der Waals surface area contributed by atoms with E-state index < -0.39 is 0 Å². The summed E-state index contributed by atoms with van der Waals surface area (Å²) < 4.78 is 0. The molecule has 0 aliphatic rings. The Morgan fingerprint density at radius 2 is 1.77 bits per heavy atom. The molecule has 1 unspecified atom stereocenters. The maximum absolute atomic E-state index is 3.82. The van der Waals surface area contributed by atoms with Crippen LogP contribution in [0, 0.1) is 11.8 Å². The molecule has 13 heavy (non-hydrogen) atoms. The van der Waals surface area contributed by atoms with Crippen molar-refractivity contribution in [2.45, 2.75) is 40.2 Å². The lowest BCUT2D eigenvalue weighted by Crippen LogP contribution is -2.33. The van der Waals surface area contributed by atoms with Crippen LogP contribution < -0.4 is 0 Å². The predicted molar refractivity (Wildman–Crippen MR) is 60.9 cm³/mol. The molecule has 78 valence electrons. The van der Waals surface area contributed by atoms with Crippen LogP contribution in [0.15, 0.2) is 12.7 Å². The van der Waals surface area contributed by atoms with Gasteiger partial charge in [0.15, 0.2) is 0 Å². The van der Waals surface area contributed by atoms with Gasteiger partial charge in [0.1, 0.15) is 0 Å². The molecule has 0 aromatic heterocycles. The van der Waals surface area contributed by atoms with Gasteiger partial charge in [0.25, 0.3) is 0 Å².